The second kappa shape index (κ2) is 4.20. The van der Waals surface area contributed by atoms with E-state index in [1.54, 1.807) is 7.11 Å². The molecule has 0 aromatic carbocycles. The highest BCUT2D eigenvalue weighted by atomic mass is 16.7. The molecule has 0 aromatic rings. The third-order valence-electron chi connectivity index (χ3n) is 2.34. The van der Waals surface area contributed by atoms with Crippen LogP contribution in [0.5, 0.6) is 0 Å². The zero-order valence-electron chi connectivity index (χ0n) is 8.63. The summed E-state index contributed by atoms with van der Waals surface area (Å²) in [6.07, 6.45) is 3.28. The molecule has 0 bridgehead atoms. The lowest BCUT2D eigenvalue weighted by atomic mass is 9.92. The minimum atomic E-state index is -0.938. The van der Waals surface area contributed by atoms with E-state index in [1.165, 1.54) is 0 Å². The number of carbonyl (C=O) groups excluding carboxylic acids is 1. The third kappa shape index (κ3) is 2.29. The summed E-state index contributed by atoms with van der Waals surface area (Å²) in [6, 6.07) is 0. The van der Waals surface area contributed by atoms with Crippen LogP contribution in [0.25, 0.3) is 0 Å². The topological polar surface area (TPSA) is 35.5 Å². The summed E-state index contributed by atoms with van der Waals surface area (Å²) < 4.78 is 10.8. The monoisotopic (exact) mass is 186 g/mol. The zero-order valence-corrected chi connectivity index (χ0v) is 8.63. The summed E-state index contributed by atoms with van der Waals surface area (Å²) in [7, 11) is 1.55. The number of methoxy groups -OCH3 is 1. The van der Waals surface area contributed by atoms with Crippen LogP contribution in [0.2, 0.25) is 0 Å². The predicted octanol–water partition coefficient (Wildman–Crippen LogP) is 1.90. The zero-order chi connectivity index (χ0) is 9.90. The Labute approximate surface area is 79.4 Å². The Bertz CT molecular complexity index is 189. The molecule has 3 nitrogen and oxygen atoms in total. The summed E-state index contributed by atoms with van der Waals surface area (Å²) in [6.45, 7) is 3.84. The maximum Gasteiger partial charge on any atom is 0.228 e. The molecule has 13 heavy (non-hydrogen) atoms. The van der Waals surface area contributed by atoms with E-state index in [9.17, 15) is 4.79 Å². The van der Waals surface area contributed by atoms with Gasteiger partial charge in [-0.2, -0.15) is 0 Å². The molecule has 0 N–H and O–H groups in total. The van der Waals surface area contributed by atoms with Gasteiger partial charge in [-0.15, -0.1) is 0 Å². The Balaban J connectivity index is 2.70. The molecular formula is C10H18O3. The van der Waals surface area contributed by atoms with Gasteiger partial charge in [-0.05, 0) is 26.7 Å². The van der Waals surface area contributed by atoms with E-state index in [2.05, 4.69) is 0 Å². The van der Waals surface area contributed by atoms with Gasteiger partial charge in [0.25, 0.3) is 0 Å². The van der Waals surface area contributed by atoms with Crippen LogP contribution in [0.3, 0.4) is 0 Å². The van der Waals surface area contributed by atoms with Gasteiger partial charge in [-0.3, -0.25) is 4.79 Å². The first-order chi connectivity index (χ1) is 6.10. The first-order valence-electron chi connectivity index (χ1n) is 4.87. The van der Waals surface area contributed by atoms with E-state index in [0.29, 0.717) is 12.8 Å². The molecule has 1 fully saturated rings. The number of hydrogen-bond acceptors (Lipinski definition) is 3. The summed E-state index contributed by atoms with van der Waals surface area (Å²) in [5.41, 5.74) is 0. The van der Waals surface area contributed by atoms with Crippen LogP contribution in [-0.2, 0) is 14.3 Å². The minimum Gasteiger partial charge on any atom is -0.347 e. The molecule has 1 aliphatic carbocycles. The quantitative estimate of drug-likeness (QED) is 0.631. The highest BCUT2D eigenvalue weighted by molar-refractivity contribution is 5.86. The van der Waals surface area contributed by atoms with Crippen molar-refractivity contribution in [3.05, 3.63) is 0 Å². The molecule has 76 valence electrons. The van der Waals surface area contributed by atoms with Crippen LogP contribution in [-0.4, -0.2) is 24.8 Å². The largest absolute Gasteiger partial charge is 0.347 e. The summed E-state index contributed by atoms with van der Waals surface area (Å²) in [5, 5.41) is 0. The van der Waals surface area contributed by atoms with Gasteiger partial charge in [0.05, 0.1) is 6.10 Å². The molecule has 0 radical (unpaired) electrons. The molecule has 1 aliphatic rings. The molecule has 1 unspecified atom stereocenters. The Morgan fingerprint density at radius 1 is 1.38 bits per heavy atom. The molecule has 0 saturated heterocycles. The molecule has 0 aliphatic heterocycles. The fourth-order valence-electron chi connectivity index (χ4n) is 1.74. The standard InChI is InChI=1S/C10H18O3/c1-8(2)13-10(12-3)7-5-4-6-9(10)11/h8H,4-7H2,1-3H3. The van der Waals surface area contributed by atoms with E-state index in [0.717, 1.165) is 12.8 Å². The lowest BCUT2D eigenvalue weighted by Gasteiger charge is -2.35. The van der Waals surface area contributed by atoms with Gasteiger partial charge >= 0.3 is 0 Å². The highest BCUT2D eigenvalue weighted by Crippen LogP contribution is 2.30. The van der Waals surface area contributed by atoms with Crippen molar-refractivity contribution in [1.82, 2.24) is 0 Å². The van der Waals surface area contributed by atoms with Crippen molar-refractivity contribution in [1.29, 1.82) is 0 Å². The smallest absolute Gasteiger partial charge is 0.228 e. The summed E-state index contributed by atoms with van der Waals surface area (Å²) >= 11 is 0. The van der Waals surface area contributed by atoms with Crippen molar-refractivity contribution in [2.24, 2.45) is 0 Å². The fourth-order valence-corrected chi connectivity index (χ4v) is 1.74. The second-order valence-corrected chi connectivity index (χ2v) is 3.75. The lowest BCUT2D eigenvalue weighted by Crippen LogP contribution is -2.47. The van der Waals surface area contributed by atoms with Crippen LogP contribution >= 0.6 is 0 Å². The van der Waals surface area contributed by atoms with Crippen LogP contribution in [0.15, 0.2) is 0 Å². The Morgan fingerprint density at radius 3 is 2.54 bits per heavy atom. The minimum absolute atomic E-state index is 0.0296. The molecule has 0 amide bonds. The molecule has 0 heterocycles. The normalized spacial score (nSPS) is 29.7. The van der Waals surface area contributed by atoms with Crippen molar-refractivity contribution in [2.75, 3.05) is 7.11 Å². The Kier molecular flexibility index (Phi) is 3.45. The van der Waals surface area contributed by atoms with Gasteiger partial charge in [0.2, 0.25) is 5.79 Å². The molecule has 0 spiro atoms. The number of rotatable bonds is 3. The predicted molar refractivity (Wildman–Crippen MR) is 49.4 cm³/mol. The first kappa shape index (κ1) is 10.7. The SMILES string of the molecule is COC1(OC(C)C)CCCCC1=O. The average molecular weight is 186 g/mol. The molecule has 1 rings (SSSR count). The van der Waals surface area contributed by atoms with Gasteiger partial charge in [0.15, 0.2) is 5.78 Å². The number of hydrogen-bond donors (Lipinski definition) is 0. The van der Waals surface area contributed by atoms with Gasteiger partial charge in [0.1, 0.15) is 0 Å². The number of ether oxygens (including phenoxy) is 2. The van der Waals surface area contributed by atoms with Crippen molar-refractivity contribution >= 4 is 5.78 Å². The molecule has 1 atom stereocenters. The van der Waals surface area contributed by atoms with Gasteiger partial charge in [-0.1, -0.05) is 0 Å². The Morgan fingerprint density at radius 2 is 2.08 bits per heavy atom. The average Bonchev–Trinajstić information content (AvgIpc) is 2.08. The van der Waals surface area contributed by atoms with E-state index in [-0.39, 0.29) is 11.9 Å². The van der Waals surface area contributed by atoms with E-state index < -0.39 is 5.79 Å². The summed E-state index contributed by atoms with van der Waals surface area (Å²) in [4.78, 5) is 11.6. The number of carbonyl (C=O) groups is 1. The van der Waals surface area contributed by atoms with Crippen LogP contribution in [0.4, 0.5) is 0 Å². The van der Waals surface area contributed by atoms with Gasteiger partial charge in [0, 0.05) is 20.0 Å². The molecule has 1 saturated carbocycles. The van der Waals surface area contributed by atoms with Crippen molar-refractivity contribution in [2.45, 2.75) is 51.4 Å². The maximum atomic E-state index is 11.6. The van der Waals surface area contributed by atoms with Gasteiger partial charge < -0.3 is 9.47 Å². The van der Waals surface area contributed by atoms with Crippen molar-refractivity contribution in [3.63, 3.8) is 0 Å². The van der Waals surface area contributed by atoms with Crippen molar-refractivity contribution < 1.29 is 14.3 Å². The van der Waals surface area contributed by atoms with Crippen LogP contribution < -0.4 is 0 Å². The van der Waals surface area contributed by atoms with Crippen LogP contribution in [0, 0.1) is 0 Å². The van der Waals surface area contributed by atoms with Gasteiger partial charge in [-0.25, -0.2) is 0 Å². The Hall–Kier alpha value is -0.410. The van der Waals surface area contributed by atoms with E-state index in [4.69, 9.17) is 9.47 Å². The molecule has 3 heteroatoms. The fraction of sp³-hybridized carbons (Fsp3) is 0.900. The number of ketones is 1. The van der Waals surface area contributed by atoms with Crippen LogP contribution in [0.1, 0.15) is 39.5 Å². The third-order valence-corrected chi connectivity index (χ3v) is 2.34. The maximum absolute atomic E-state index is 11.6. The summed E-state index contributed by atoms with van der Waals surface area (Å²) in [5.74, 6) is -0.846. The second-order valence-electron chi connectivity index (χ2n) is 3.75. The first-order valence-corrected chi connectivity index (χ1v) is 4.87. The lowest BCUT2D eigenvalue weighted by molar-refractivity contribution is -0.238. The van der Waals surface area contributed by atoms with Crippen molar-refractivity contribution in [3.8, 4) is 0 Å². The molecule has 0 aromatic heterocycles. The van der Waals surface area contributed by atoms with E-state index in [1.807, 2.05) is 13.8 Å². The number of Topliss-reactive ketones (excluding diaryl/α,β-unsaturated/α-hetero) is 1. The highest BCUT2D eigenvalue weighted by Gasteiger charge is 2.41. The molecular weight excluding hydrogens is 168 g/mol. The van der Waals surface area contributed by atoms with E-state index >= 15 is 0 Å².